The van der Waals surface area contributed by atoms with E-state index >= 15 is 0 Å². The minimum atomic E-state index is -0.268. The van der Waals surface area contributed by atoms with Gasteiger partial charge in [0, 0.05) is 17.4 Å². The quantitative estimate of drug-likeness (QED) is 0.245. The fourth-order valence-electron chi connectivity index (χ4n) is 5.16. The summed E-state index contributed by atoms with van der Waals surface area (Å²) in [5, 5.41) is 5.01. The summed E-state index contributed by atoms with van der Waals surface area (Å²) >= 11 is 18.6. The Kier molecular flexibility index (Phi) is 6.80. The number of ether oxygens (including phenoxy) is 1. The molecule has 5 nitrogen and oxygen atoms in total. The summed E-state index contributed by atoms with van der Waals surface area (Å²) in [6, 6.07) is 22.9. The summed E-state index contributed by atoms with van der Waals surface area (Å²) in [4.78, 5) is 6.69. The van der Waals surface area contributed by atoms with Gasteiger partial charge in [-0.25, -0.2) is 0 Å². The molecule has 0 bridgehead atoms. The molecule has 0 amide bonds. The van der Waals surface area contributed by atoms with Crippen molar-refractivity contribution in [3.05, 3.63) is 100 Å². The van der Waals surface area contributed by atoms with Gasteiger partial charge in [-0.15, -0.1) is 0 Å². The van der Waals surface area contributed by atoms with E-state index in [4.69, 9.17) is 44.6 Å². The number of thiocarbonyl (C=S) groups is 1. The summed E-state index contributed by atoms with van der Waals surface area (Å²) in [5.41, 5.74) is 2.55. The largest absolute Gasteiger partial charge is 0.490 e. The normalized spacial score (nSPS) is 19.8. The van der Waals surface area contributed by atoms with Crippen LogP contribution in [0.4, 0.5) is 5.69 Å². The van der Waals surface area contributed by atoms with Crippen molar-refractivity contribution in [2.75, 3.05) is 4.90 Å². The van der Waals surface area contributed by atoms with Crippen molar-refractivity contribution in [1.29, 1.82) is 0 Å². The molecule has 8 heteroatoms. The molecule has 37 heavy (non-hydrogen) atoms. The number of pyridine rings is 1. The van der Waals surface area contributed by atoms with E-state index in [1.54, 1.807) is 12.3 Å². The fraction of sp³-hybridized carbons (Fsp3) is 0.241. The molecule has 2 aliphatic rings. The van der Waals surface area contributed by atoms with Gasteiger partial charge in [0.15, 0.2) is 5.11 Å². The molecule has 1 N–H and O–H groups in total. The summed E-state index contributed by atoms with van der Waals surface area (Å²) in [6.45, 7) is 0. The van der Waals surface area contributed by atoms with E-state index in [0.29, 0.717) is 27.0 Å². The van der Waals surface area contributed by atoms with E-state index in [0.717, 1.165) is 41.3 Å². The molecule has 1 saturated carbocycles. The Hall–Kier alpha value is -3.06. The first kappa shape index (κ1) is 24.3. The van der Waals surface area contributed by atoms with Gasteiger partial charge in [-0.3, -0.25) is 4.98 Å². The number of halogens is 2. The standard InChI is InChI=1S/C29H25Cl2N3O2S/c30-22-9-5-8-21(26(22)31)24-15-16-25(36-24)28-27(23-10-3-4-17-32-23)33-29(37)34(28)18-11-13-20(14-12-18)35-19-6-1-2-7-19/h3-5,8-17,19,27-28H,1-2,6-7H2,(H,33,37)/t27-,28+/m0/s1. The summed E-state index contributed by atoms with van der Waals surface area (Å²) in [5.74, 6) is 2.25. The molecule has 4 aromatic rings. The number of benzene rings is 2. The second-order valence-corrected chi connectivity index (χ2v) is 10.5. The summed E-state index contributed by atoms with van der Waals surface area (Å²) < 4.78 is 12.6. The first-order valence-electron chi connectivity index (χ1n) is 12.4. The monoisotopic (exact) mass is 549 g/mol. The number of rotatable bonds is 6. The van der Waals surface area contributed by atoms with E-state index in [1.165, 1.54) is 12.8 Å². The Bertz CT molecular complexity index is 1400. The molecule has 3 heterocycles. The summed E-state index contributed by atoms with van der Waals surface area (Å²) in [7, 11) is 0. The van der Waals surface area contributed by atoms with Gasteiger partial charge >= 0.3 is 0 Å². The van der Waals surface area contributed by atoms with Gasteiger partial charge in [-0.1, -0.05) is 35.3 Å². The molecule has 0 radical (unpaired) electrons. The molecule has 2 fully saturated rings. The fourth-order valence-corrected chi connectivity index (χ4v) is 5.90. The maximum absolute atomic E-state index is 6.49. The number of hydrogen-bond acceptors (Lipinski definition) is 4. The first-order valence-corrected chi connectivity index (χ1v) is 13.6. The van der Waals surface area contributed by atoms with Crippen molar-refractivity contribution in [3.8, 4) is 17.1 Å². The van der Waals surface area contributed by atoms with Crippen LogP contribution in [0.1, 0.15) is 49.2 Å². The molecule has 2 aromatic heterocycles. The minimum Gasteiger partial charge on any atom is -0.490 e. The number of aromatic nitrogens is 1. The van der Waals surface area contributed by atoms with Gasteiger partial charge in [-0.05, 0) is 98.6 Å². The minimum absolute atomic E-state index is 0.211. The van der Waals surface area contributed by atoms with Crippen LogP contribution in [0.5, 0.6) is 5.75 Å². The van der Waals surface area contributed by atoms with E-state index in [9.17, 15) is 0 Å². The van der Waals surface area contributed by atoms with Crippen LogP contribution in [-0.4, -0.2) is 16.2 Å². The van der Waals surface area contributed by atoms with Gasteiger partial charge in [0.2, 0.25) is 0 Å². The topological polar surface area (TPSA) is 50.5 Å². The lowest BCUT2D eigenvalue weighted by Crippen LogP contribution is -2.29. The Morgan fingerprint density at radius 2 is 1.76 bits per heavy atom. The lowest BCUT2D eigenvalue weighted by molar-refractivity contribution is 0.210. The third-order valence-corrected chi connectivity index (χ3v) is 8.09. The van der Waals surface area contributed by atoms with Crippen LogP contribution in [-0.2, 0) is 0 Å². The molecule has 1 aliphatic carbocycles. The molecule has 2 atom stereocenters. The van der Waals surface area contributed by atoms with Crippen molar-refractivity contribution in [2.24, 2.45) is 0 Å². The van der Waals surface area contributed by atoms with Crippen molar-refractivity contribution in [3.63, 3.8) is 0 Å². The van der Waals surface area contributed by atoms with Gasteiger partial charge < -0.3 is 19.4 Å². The number of hydrogen-bond donors (Lipinski definition) is 1. The van der Waals surface area contributed by atoms with E-state index in [-0.39, 0.29) is 12.1 Å². The molecule has 1 saturated heterocycles. The molecule has 188 valence electrons. The zero-order valence-electron chi connectivity index (χ0n) is 19.9. The lowest BCUT2D eigenvalue weighted by atomic mass is 10.0. The highest BCUT2D eigenvalue weighted by Gasteiger charge is 2.42. The molecule has 6 rings (SSSR count). The van der Waals surface area contributed by atoms with Crippen LogP contribution in [0.3, 0.4) is 0 Å². The molecular weight excluding hydrogens is 525 g/mol. The van der Waals surface area contributed by atoms with E-state index in [1.807, 2.05) is 66.7 Å². The van der Waals surface area contributed by atoms with E-state index < -0.39 is 0 Å². The van der Waals surface area contributed by atoms with Gasteiger partial charge in [0.05, 0.1) is 27.9 Å². The Morgan fingerprint density at radius 3 is 2.51 bits per heavy atom. The van der Waals surface area contributed by atoms with Crippen LogP contribution in [0.15, 0.2) is 83.4 Å². The van der Waals surface area contributed by atoms with Crippen LogP contribution in [0.2, 0.25) is 10.0 Å². The number of nitrogens with one attached hydrogen (secondary N) is 1. The van der Waals surface area contributed by atoms with E-state index in [2.05, 4.69) is 15.2 Å². The molecule has 2 aromatic carbocycles. The average Bonchev–Trinajstić information content (AvgIpc) is 3.67. The predicted octanol–water partition coefficient (Wildman–Crippen LogP) is 8.15. The number of anilines is 1. The van der Waals surface area contributed by atoms with Gasteiger partial charge in [0.1, 0.15) is 23.3 Å². The van der Waals surface area contributed by atoms with Gasteiger partial charge in [-0.2, -0.15) is 0 Å². The molecule has 0 spiro atoms. The average molecular weight is 551 g/mol. The van der Waals surface area contributed by atoms with Crippen LogP contribution in [0.25, 0.3) is 11.3 Å². The van der Waals surface area contributed by atoms with Crippen LogP contribution in [0, 0.1) is 0 Å². The Balaban J connectivity index is 1.36. The van der Waals surface area contributed by atoms with Crippen molar-refractivity contribution < 1.29 is 9.15 Å². The Morgan fingerprint density at radius 1 is 0.946 bits per heavy atom. The van der Waals surface area contributed by atoms with Gasteiger partial charge in [0.25, 0.3) is 0 Å². The highest BCUT2D eigenvalue weighted by atomic mass is 35.5. The predicted molar refractivity (Wildman–Crippen MR) is 151 cm³/mol. The number of nitrogens with zero attached hydrogens (tertiary/aromatic N) is 2. The SMILES string of the molecule is S=C1N[C@@H](c2ccccn2)[C@@H](c2ccc(-c3cccc(Cl)c3Cl)o2)N1c1ccc(OC2CCCC2)cc1. The number of furan rings is 1. The first-order chi connectivity index (χ1) is 18.1. The zero-order valence-corrected chi connectivity index (χ0v) is 22.3. The zero-order chi connectivity index (χ0) is 25.4. The van der Waals surface area contributed by atoms with Crippen molar-refractivity contribution in [1.82, 2.24) is 10.3 Å². The van der Waals surface area contributed by atoms with Crippen LogP contribution < -0.4 is 15.0 Å². The second kappa shape index (κ2) is 10.4. The Labute approximate surface area is 231 Å². The molecular formula is C29H25Cl2N3O2S. The second-order valence-electron chi connectivity index (χ2n) is 9.32. The molecule has 0 unspecified atom stereocenters. The smallest absolute Gasteiger partial charge is 0.174 e. The molecule has 1 aliphatic heterocycles. The van der Waals surface area contributed by atoms with Crippen molar-refractivity contribution >= 4 is 46.2 Å². The maximum Gasteiger partial charge on any atom is 0.174 e. The maximum atomic E-state index is 6.49. The third kappa shape index (κ3) is 4.81. The highest BCUT2D eigenvalue weighted by molar-refractivity contribution is 7.80. The van der Waals surface area contributed by atoms with Crippen molar-refractivity contribution in [2.45, 2.75) is 43.9 Å². The summed E-state index contributed by atoms with van der Waals surface area (Å²) in [6.07, 6.45) is 6.80. The third-order valence-electron chi connectivity index (χ3n) is 6.95. The lowest BCUT2D eigenvalue weighted by Gasteiger charge is -2.26. The van der Waals surface area contributed by atoms with Crippen LogP contribution >= 0.6 is 35.4 Å². The highest BCUT2D eigenvalue weighted by Crippen LogP contribution is 2.44.